The number of nitrogens with one attached hydrogen (secondary N) is 1. The van der Waals surface area contributed by atoms with Gasteiger partial charge in [-0.15, -0.1) is 0 Å². The highest BCUT2D eigenvalue weighted by Gasteiger charge is 2.02. The van der Waals surface area contributed by atoms with Gasteiger partial charge < -0.3 is 9.62 Å². The third-order valence-corrected chi connectivity index (χ3v) is 4.58. The molecule has 4 nitrogen and oxygen atoms in total. The number of nitrogens with zero attached hydrogens (tertiary/aromatic N) is 3. The number of rotatable bonds is 6. The molecule has 0 saturated heterocycles. The Morgan fingerprint density at radius 3 is 2.23 bits per heavy atom. The summed E-state index contributed by atoms with van der Waals surface area (Å²) in [6.07, 6.45) is 0. The monoisotopic (exact) mass is 360 g/mol. The van der Waals surface area contributed by atoms with Crippen LogP contribution in [0.4, 0.5) is 5.82 Å². The van der Waals surface area contributed by atoms with Crippen LogP contribution >= 0.6 is 11.9 Å². The summed E-state index contributed by atoms with van der Waals surface area (Å²) in [6.45, 7) is 0.819. The molecule has 3 aromatic rings. The Bertz CT molecular complexity index is 897. The normalized spacial score (nSPS) is 10.5. The average Bonchev–Trinajstić information content (AvgIpc) is 2.67. The van der Waals surface area contributed by atoms with E-state index in [1.165, 1.54) is 0 Å². The minimum atomic E-state index is 0.675. The molecule has 5 heteroatoms. The maximum Gasteiger partial charge on any atom is 0.136 e. The summed E-state index contributed by atoms with van der Waals surface area (Å²) < 4.78 is 3.30. The van der Waals surface area contributed by atoms with Gasteiger partial charge in [-0.25, -0.2) is 4.98 Å². The zero-order valence-electron chi connectivity index (χ0n) is 14.8. The lowest BCUT2D eigenvalue weighted by Crippen LogP contribution is -2.12. The lowest BCUT2D eigenvalue weighted by Gasteiger charge is -2.11. The van der Waals surface area contributed by atoms with Crippen molar-refractivity contribution in [2.45, 2.75) is 11.4 Å². The van der Waals surface area contributed by atoms with Gasteiger partial charge in [-0.3, -0.25) is 0 Å². The number of benzene rings is 2. The molecule has 0 fully saturated rings. The first-order valence-corrected chi connectivity index (χ1v) is 9.10. The third kappa shape index (κ3) is 4.85. The Hall–Kier alpha value is -2.81. The zero-order valence-corrected chi connectivity index (χ0v) is 15.6. The quantitative estimate of drug-likeness (QED) is 0.640. The largest absolute Gasteiger partial charge is 0.310 e. The molecule has 0 aliphatic carbocycles. The van der Waals surface area contributed by atoms with E-state index in [2.05, 4.69) is 44.9 Å². The van der Waals surface area contributed by atoms with Crippen molar-refractivity contribution in [3.63, 3.8) is 0 Å². The fourth-order valence-corrected chi connectivity index (χ4v) is 3.12. The highest BCUT2D eigenvalue weighted by atomic mass is 32.2. The topological polar surface area (TPSA) is 52.0 Å². The van der Waals surface area contributed by atoms with E-state index in [9.17, 15) is 0 Å². The van der Waals surface area contributed by atoms with E-state index in [0.717, 1.165) is 34.1 Å². The molecule has 0 aliphatic heterocycles. The summed E-state index contributed by atoms with van der Waals surface area (Å²) in [7, 11) is 4.07. The number of hydrogen-bond donors (Lipinski definition) is 1. The number of hydrogen-bond acceptors (Lipinski definition) is 5. The van der Waals surface area contributed by atoms with Crippen molar-refractivity contribution >= 4 is 17.8 Å². The number of anilines is 1. The molecule has 0 bridgehead atoms. The molecule has 0 unspecified atom stereocenters. The Balaban J connectivity index is 1.63. The van der Waals surface area contributed by atoms with E-state index in [4.69, 9.17) is 5.26 Å². The van der Waals surface area contributed by atoms with E-state index in [-0.39, 0.29) is 0 Å². The second-order valence-electron chi connectivity index (χ2n) is 6.17. The van der Waals surface area contributed by atoms with Crippen molar-refractivity contribution in [3.8, 4) is 17.2 Å². The molecule has 3 rings (SSSR count). The van der Waals surface area contributed by atoms with Crippen LogP contribution in [0, 0.1) is 11.3 Å². The lowest BCUT2D eigenvalue weighted by atomic mass is 10.0. The molecule has 0 amide bonds. The Morgan fingerprint density at radius 1 is 0.962 bits per heavy atom. The standard InChI is InChI=1S/C21H20N4S/c1-25(2)15-19-4-3-5-21(23-19)24-26-20-12-10-18(11-13-20)17-8-6-16(14-22)7-9-17/h3-13H,15H2,1-2H3,(H,23,24). The smallest absolute Gasteiger partial charge is 0.136 e. The van der Waals surface area contributed by atoms with Gasteiger partial charge in [0.05, 0.1) is 17.3 Å². The molecule has 2 aromatic carbocycles. The summed E-state index contributed by atoms with van der Waals surface area (Å²) in [5, 5.41) is 8.88. The summed E-state index contributed by atoms with van der Waals surface area (Å²) in [5.74, 6) is 0.852. The van der Waals surface area contributed by atoms with E-state index >= 15 is 0 Å². The Kier molecular flexibility index (Phi) is 5.90. The molecule has 0 atom stereocenters. The van der Waals surface area contributed by atoms with Gasteiger partial charge in [0.25, 0.3) is 0 Å². The van der Waals surface area contributed by atoms with Gasteiger partial charge in [0.1, 0.15) is 5.82 Å². The molecule has 0 radical (unpaired) electrons. The molecule has 0 aliphatic rings. The van der Waals surface area contributed by atoms with Crippen LogP contribution in [0.1, 0.15) is 11.3 Å². The highest BCUT2D eigenvalue weighted by Crippen LogP contribution is 2.25. The zero-order chi connectivity index (χ0) is 18.4. The molecule has 26 heavy (non-hydrogen) atoms. The van der Waals surface area contributed by atoms with Crippen LogP contribution in [0.25, 0.3) is 11.1 Å². The van der Waals surface area contributed by atoms with E-state index in [0.29, 0.717) is 5.56 Å². The maximum absolute atomic E-state index is 8.88. The minimum Gasteiger partial charge on any atom is -0.310 e. The fraction of sp³-hybridized carbons (Fsp3) is 0.143. The van der Waals surface area contributed by atoms with E-state index in [1.807, 2.05) is 56.6 Å². The van der Waals surface area contributed by atoms with Crippen molar-refractivity contribution in [3.05, 3.63) is 78.0 Å². The SMILES string of the molecule is CN(C)Cc1cccc(NSc2ccc(-c3ccc(C#N)cc3)cc2)n1. The predicted molar refractivity (Wildman–Crippen MR) is 108 cm³/mol. The molecule has 1 N–H and O–H groups in total. The van der Waals surface area contributed by atoms with Crippen LogP contribution in [0.3, 0.4) is 0 Å². The predicted octanol–water partition coefficient (Wildman–Crippen LogP) is 4.80. The van der Waals surface area contributed by atoms with Gasteiger partial charge in [0, 0.05) is 11.4 Å². The van der Waals surface area contributed by atoms with Crippen LogP contribution in [0.2, 0.25) is 0 Å². The van der Waals surface area contributed by atoms with Crippen LogP contribution in [0.15, 0.2) is 71.6 Å². The Morgan fingerprint density at radius 2 is 1.62 bits per heavy atom. The first-order chi connectivity index (χ1) is 12.6. The Labute approximate surface area is 158 Å². The maximum atomic E-state index is 8.88. The summed E-state index contributed by atoms with van der Waals surface area (Å²) >= 11 is 1.54. The third-order valence-electron chi connectivity index (χ3n) is 3.76. The lowest BCUT2D eigenvalue weighted by molar-refractivity contribution is 0.397. The van der Waals surface area contributed by atoms with Crippen molar-refractivity contribution in [1.82, 2.24) is 9.88 Å². The fourth-order valence-electron chi connectivity index (χ4n) is 2.51. The first kappa shape index (κ1) is 18.0. The number of nitriles is 1. The van der Waals surface area contributed by atoms with E-state index in [1.54, 1.807) is 11.9 Å². The summed E-state index contributed by atoms with van der Waals surface area (Å²) in [5.41, 5.74) is 3.95. The second kappa shape index (κ2) is 8.52. The van der Waals surface area contributed by atoms with Gasteiger partial charge in [-0.05, 0) is 73.6 Å². The highest BCUT2D eigenvalue weighted by molar-refractivity contribution is 8.00. The van der Waals surface area contributed by atoms with Crippen molar-refractivity contribution in [1.29, 1.82) is 5.26 Å². The van der Waals surface area contributed by atoms with Crippen LogP contribution in [0.5, 0.6) is 0 Å². The van der Waals surface area contributed by atoms with Crippen LogP contribution in [-0.4, -0.2) is 24.0 Å². The molecule has 0 spiro atoms. The molecular weight excluding hydrogens is 340 g/mol. The van der Waals surface area contributed by atoms with Crippen LogP contribution < -0.4 is 4.72 Å². The molecule has 1 aromatic heterocycles. The second-order valence-corrected chi connectivity index (χ2v) is 7.05. The molecular formula is C21H20N4S. The van der Waals surface area contributed by atoms with E-state index < -0.39 is 0 Å². The van der Waals surface area contributed by atoms with Crippen LogP contribution in [-0.2, 0) is 6.54 Å². The summed E-state index contributed by atoms with van der Waals surface area (Å²) in [6, 6.07) is 24.1. The van der Waals surface area contributed by atoms with Gasteiger partial charge >= 0.3 is 0 Å². The number of pyridine rings is 1. The molecule has 1 heterocycles. The van der Waals surface area contributed by atoms with Crippen molar-refractivity contribution in [2.24, 2.45) is 0 Å². The van der Waals surface area contributed by atoms with Crippen molar-refractivity contribution < 1.29 is 0 Å². The average molecular weight is 360 g/mol. The van der Waals surface area contributed by atoms with Gasteiger partial charge in [0.2, 0.25) is 0 Å². The minimum absolute atomic E-state index is 0.675. The van der Waals surface area contributed by atoms with Gasteiger partial charge in [-0.2, -0.15) is 5.26 Å². The first-order valence-electron chi connectivity index (χ1n) is 8.28. The molecule has 0 saturated carbocycles. The summed E-state index contributed by atoms with van der Waals surface area (Å²) in [4.78, 5) is 7.82. The van der Waals surface area contributed by atoms with Gasteiger partial charge in [0.15, 0.2) is 0 Å². The van der Waals surface area contributed by atoms with Crippen molar-refractivity contribution in [2.75, 3.05) is 18.8 Å². The number of aromatic nitrogens is 1. The van der Waals surface area contributed by atoms with Gasteiger partial charge in [-0.1, -0.05) is 30.3 Å². The molecule has 130 valence electrons.